The quantitative estimate of drug-likeness (QED) is 0.342. The summed E-state index contributed by atoms with van der Waals surface area (Å²) in [6.07, 6.45) is 3.07. The molecule has 1 aromatic carbocycles. The van der Waals surface area contributed by atoms with Gasteiger partial charge in [-0.05, 0) is 43.5 Å². The van der Waals surface area contributed by atoms with Crippen LogP contribution < -0.4 is 11.1 Å². The first-order valence-corrected chi connectivity index (χ1v) is 6.55. The molecule has 0 unspecified atom stereocenters. The third-order valence-corrected chi connectivity index (χ3v) is 3.84. The molecular formula is C14H18FN3O2. The summed E-state index contributed by atoms with van der Waals surface area (Å²) in [6, 6.07) is 3.99. The van der Waals surface area contributed by atoms with E-state index >= 15 is 0 Å². The number of amidine groups is 1. The molecule has 20 heavy (non-hydrogen) atoms. The Hall–Kier alpha value is -2.11. The zero-order valence-electron chi connectivity index (χ0n) is 11.3. The highest BCUT2D eigenvalue weighted by Crippen LogP contribution is 2.30. The van der Waals surface area contributed by atoms with Gasteiger partial charge in [0.15, 0.2) is 5.84 Å². The number of hydrogen-bond acceptors (Lipinski definition) is 3. The Kier molecular flexibility index (Phi) is 3.92. The smallest absolute Gasteiger partial charge is 0.252 e. The minimum absolute atomic E-state index is 0.0168. The van der Waals surface area contributed by atoms with Crippen LogP contribution >= 0.6 is 0 Å². The number of carbonyl (C=O) groups is 1. The maximum Gasteiger partial charge on any atom is 0.252 e. The van der Waals surface area contributed by atoms with Crippen LogP contribution in [0, 0.1) is 12.7 Å². The van der Waals surface area contributed by atoms with E-state index in [0.717, 1.165) is 12.8 Å². The monoisotopic (exact) mass is 279 g/mol. The van der Waals surface area contributed by atoms with Crippen LogP contribution in [0.3, 0.4) is 0 Å². The fraction of sp³-hybridized carbons (Fsp3) is 0.429. The van der Waals surface area contributed by atoms with Crippen LogP contribution in [0.1, 0.15) is 41.6 Å². The van der Waals surface area contributed by atoms with Gasteiger partial charge in [-0.15, -0.1) is 0 Å². The summed E-state index contributed by atoms with van der Waals surface area (Å²) in [5.41, 5.74) is 5.87. The lowest BCUT2D eigenvalue weighted by Gasteiger charge is -2.29. The Balaban J connectivity index is 2.25. The van der Waals surface area contributed by atoms with Gasteiger partial charge < -0.3 is 16.3 Å². The molecule has 1 fully saturated rings. The Morgan fingerprint density at radius 1 is 1.45 bits per heavy atom. The normalized spacial score (nSPS) is 18.0. The molecule has 0 radical (unpaired) electrons. The van der Waals surface area contributed by atoms with Gasteiger partial charge in [0.2, 0.25) is 0 Å². The fourth-order valence-electron chi connectivity index (χ4n) is 2.69. The number of oxime groups is 1. The average molecular weight is 279 g/mol. The van der Waals surface area contributed by atoms with Crippen molar-refractivity contribution in [1.29, 1.82) is 0 Å². The number of hydrogen-bond donors (Lipinski definition) is 3. The molecule has 1 aromatic rings. The van der Waals surface area contributed by atoms with E-state index in [1.54, 1.807) is 6.92 Å². The first kappa shape index (κ1) is 14.3. The molecule has 1 saturated carbocycles. The number of rotatable bonds is 3. The third kappa shape index (κ3) is 2.59. The van der Waals surface area contributed by atoms with Crippen molar-refractivity contribution in [1.82, 2.24) is 5.32 Å². The molecule has 0 bridgehead atoms. The van der Waals surface area contributed by atoms with Crippen LogP contribution in [-0.2, 0) is 0 Å². The molecule has 0 heterocycles. The van der Waals surface area contributed by atoms with Crippen LogP contribution in [0.2, 0.25) is 0 Å². The molecule has 0 aromatic heterocycles. The minimum atomic E-state index is -0.799. The highest BCUT2D eigenvalue weighted by Gasteiger charge is 2.40. The van der Waals surface area contributed by atoms with Crippen molar-refractivity contribution in [3.8, 4) is 0 Å². The van der Waals surface area contributed by atoms with Crippen LogP contribution in [-0.4, -0.2) is 22.5 Å². The second-order valence-corrected chi connectivity index (χ2v) is 5.19. The van der Waals surface area contributed by atoms with Crippen molar-refractivity contribution in [2.75, 3.05) is 0 Å². The number of nitrogens with zero attached hydrogens (tertiary/aromatic N) is 1. The summed E-state index contributed by atoms with van der Waals surface area (Å²) >= 11 is 0. The molecule has 108 valence electrons. The summed E-state index contributed by atoms with van der Waals surface area (Å²) < 4.78 is 13.1. The zero-order valence-corrected chi connectivity index (χ0v) is 11.3. The van der Waals surface area contributed by atoms with Gasteiger partial charge in [-0.1, -0.05) is 18.0 Å². The molecule has 0 spiro atoms. The van der Waals surface area contributed by atoms with Crippen molar-refractivity contribution in [2.24, 2.45) is 10.9 Å². The molecule has 0 atom stereocenters. The number of amides is 1. The summed E-state index contributed by atoms with van der Waals surface area (Å²) in [6.45, 7) is 1.67. The van der Waals surface area contributed by atoms with E-state index in [0.29, 0.717) is 24.0 Å². The Bertz CT molecular complexity index is 551. The SMILES string of the molecule is Cc1cc(F)ccc1C(=O)NC1(/C(N)=N/O)CCCC1. The average Bonchev–Trinajstić information content (AvgIpc) is 2.87. The Morgan fingerprint density at radius 2 is 2.10 bits per heavy atom. The first-order chi connectivity index (χ1) is 9.48. The number of benzene rings is 1. The zero-order chi connectivity index (χ0) is 14.8. The van der Waals surface area contributed by atoms with E-state index in [1.165, 1.54) is 18.2 Å². The summed E-state index contributed by atoms with van der Waals surface area (Å²) in [4.78, 5) is 12.3. The molecule has 5 nitrogen and oxygen atoms in total. The van der Waals surface area contributed by atoms with Gasteiger partial charge in [-0.25, -0.2) is 4.39 Å². The maximum atomic E-state index is 13.1. The van der Waals surface area contributed by atoms with Gasteiger partial charge in [0, 0.05) is 5.56 Å². The molecule has 0 aliphatic heterocycles. The van der Waals surface area contributed by atoms with Gasteiger partial charge in [-0.2, -0.15) is 0 Å². The second kappa shape index (κ2) is 5.48. The predicted molar refractivity (Wildman–Crippen MR) is 73.2 cm³/mol. The summed E-state index contributed by atoms with van der Waals surface area (Å²) in [5.74, 6) is -0.704. The lowest BCUT2D eigenvalue weighted by Crippen LogP contribution is -2.55. The van der Waals surface area contributed by atoms with Gasteiger partial charge in [0.05, 0.1) is 0 Å². The first-order valence-electron chi connectivity index (χ1n) is 6.55. The standard InChI is InChI=1S/C14H18FN3O2/c1-9-8-10(15)4-5-11(9)12(19)17-14(13(16)18-20)6-2-3-7-14/h4-5,8,20H,2-3,6-7H2,1H3,(H2,16,18)(H,17,19). The highest BCUT2D eigenvalue weighted by atomic mass is 19.1. The molecular weight excluding hydrogens is 261 g/mol. The van der Waals surface area contributed by atoms with Crippen molar-refractivity contribution in [3.63, 3.8) is 0 Å². The topological polar surface area (TPSA) is 87.7 Å². The maximum absolute atomic E-state index is 13.1. The van der Waals surface area contributed by atoms with E-state index < -0.39 is 5.54 Å². The van der Waals surface area contributed by atoms with Crippen LogP contribution in [0.25, 0.3) is 0 Å². The van der Waals surface area contributed by atoms with E-state index in [4.69, 9.17) is 10.9 Å². The van der Waals surface area contributed by atoms with E-state index in [1.807, 2.05) is 0 Å². The van der Waals surface area contributed by atoms with E-state index in [-0.39, 0.29) is 17.6 Å². The van der Waals surface area contributed by atoms with Gasteiger partial charge in [0.25, 0.3) is 5.91 Å². The fourth-order valence-corrected chi connectivity index (χ4v) is 2.69. The molecule has 2 rings (SSSR count). The summed E-state index contributed by atoms with van der Waals surface area (Å²) in [7, 11) is 0. The van der Waals surface area contributed by atoms with Crippen molar-refractivity contribution in [2.45, 2.75) is 38.1 Å². The lowest BCUT2D eigenvalue weighted by atomic mass is 9.95. The molecule has 1 aliphatic carbocycles. The Labute approximate surface area is 116 Å². The molecule has 1 amide bonds. The van der Waals surface area contributed by atoms with E-state index in [9.17, 15) is 9.18 Å². The second-order valence-electron chi connectivity index (χ2n) is 5.19. The third-order valence-electron chi connectivity index (χ3n) is 3.84. The number of carbonyl (C=O) groups excluding carboxylic acids is 1. The number of nitrogens with one attached hydrogen (secondary N) is 1. The van der Waals surface area contributed by atoms with Crippen molar-refractivity contribution in [3.05, 3.63) is 35.1 Å². The minimum Gasteiger partial charge on any atom is -0.409 e. The molecule has 0 saturated heterocycles. The molecule has 1 aliphatic rings. The molecule has 6 heteroatoms. The lowest BCUT2D eigenvalue weighted by molar-refractivity contribution is 0.0922. The van der Waals surface area contributed by atoms with Gasteiger partial charge in [0.1, 0.15) is 11.4 Å². The van der Waals surface area contributed by atoms with E-state index in [2.05, 4.69) is 10.5 Å². The largest absolute Gasteiger partial charge is 0.409 e. The van der Waals surface area contributed by atoms with Crippen LogP contribution in [0.4, 0.5) is 4.39 Å². The van der Waals surface area contributed by atoms with Gasteiger partial charge in [-0.3, -0.25) is 4.79 Å². The highest BCUT2D eigenvalue weighted by molar-refractivity contribution is 6.01. The number of aryl methyl sites for hydroxylation is 1. The predicted octanol–water partition coefficient (Wildman–Crippen LogP) is 1.92. The Morgan fingerprint density at radius 3 is 2.65 bits per heavy atom. The van der Waals surface area contributed by atoms with Crippen LogP contribution in [0.15, 0.2) is 23.4 Å². The van der Waals surface area contributed by atoms with Gasteiger partial charge >= 0.3 is 0 Å². The van der Waals surface area contributed by atoms with Crippen molar-refractivity contribution >= 4 is 11.7 Å². The number of nitrogens with two attached hydrogens (primary N) is 1. The molecule has 4 N–H and O–H groups in total. The number of halogens is 1. The van der Waals surface area contributed by atoms with Crippen molar-refractivity contribution < 1.29 is 14.4 Å². The van der Waals surface area contributed by atoms with Crippen LogP contribution in [0.5, 0.6) is 0 Å². The summed E-state index contributed by atoms with van der Waals surface area (Å²) in [5, 5.41) is 14.8.